The number of esters is 1. The predicted octanol–water partition coefficient (Wildman–Crippen LogP) is 3.01. The van der Waals surface area contributed by atoms with Crippen LogP contribution in [-0.4, -0.2) is 33.5 Å². The van der Waals surface area contributed by atoms with Gasteiger partial charge in [-0.2, -0.15) is 0 Å². The summed E-state index contributed by atoms with van der Waals surface area (Å²) in [5, 5.41) is 10.7. The van der Waals surface area contributed by atoms with E-state index in [2.05, 4.69) is 31.6 Å². The molecule has 2 aromatic carbocycles. The molecule has 0 saturated heterocycles. The quantitative estimate of drug-likeness (QED) is 0.662. The molecule has 0 aliphatic rings. The molecule has 0 saturated carbocycles. The lowest BCUT2D eigenvalue weighted by Crippen LogP contribution is -2.20. The van der Waals surface area contributed by atoms with Crippen LogP contribution in [0.4, 0.5) is 5.69 Å². The van der Waals surface area contributed by atoms with Gasteiger partial charge in [0.1, 0.15) is 5.52 Å². The highest BCUT2D eigenvalue weighted by atomic mass is 79.9. The summed E-state index contributed by atoms with van der Waals surface area (Å²) in [5.74, 6) is -0.993. The van der Waals surface area contributed by atoms with Gasteiger partial charge in [-0.3, -0.25) is 4.79 Å². The van der Waals surface area contributed by atoms with Crippen molar-refractivity contribution in [3.8, 4) is 0 Å². The summed E-state index contributed by atoms with van der Waals surface area (Å²) in [7, 11) is 0. The Hall–Kier alpha value is -2.74. The number of rotatable bonds is 5. The molecule has 3 rings (SSSR count). The molecule has 1 amide bonds. The lowest BCUT2D eigenvalue weighted by Gasteiger charge is -2.07. The molecule has 0 atom stereocenters. The van der Waals surface area contributed by atoms with E-state index in [0.717, 1.165) is 9.99 Å². The molecule has 8 heteroatoms. The maximum absolute atomic E-state index is 12.1. The second kappa shape index (κ2) is 7.43. The second-order valence-electron chi connectivity index (χ2n) is 5.24. The van der Waals surface area contributed by atoms with Crippen molar-refractivity contribution < 1.29 is 14.3 Å². The molecule has 3 aromatic rings. The molecule has 128 valence electrons. The zero-order chi connectivity index (χ0) is 17.8. The molecule has 25 heavy (non-hydrogen) atoms. The highest BCUT2D eigenvalue weighted by molar-refractivity contribution is 9.10. The molecular weight excluding hydrogens is 388 g/mol. The monoisotopic (exact) mass is 402 g/mol. The Bertz CT molecular complexity index is 921. The van der Waals surface area contributed by atoms with Crippen molar-refractivity contribution in [1.29, 1.82) is 0 Å². The Morgan fingerprint density at radius 1 is 1.20 bits per heavy atom. The van der Waals surface area contributed by atoms with Crippen LogP contribution in [0.25, 0.3) is 11.0 Å². The molecule has 1 aromatic heterocycles. The van der Waals surface area contributed by atoms with Gasteiger partial charge in [0.2, 0.25) is 0 Å². The van der Waals surface area contributed by atoms with Gasteiger partial charge < -0.3 is 10.1 Å². The van der Waals surface area contributed by atoms with Crippen LogP contribution < -0.4 is 5.32 Å². The number of aryl methyl sites for hydroxylation is 1. The fourth-order valence-corrected chi connectivity index (χ4v) is 2.54. The lowest BCUT2D eigenvalue weighted by molar-refractivity contribution is -0.119. The van der Waals surface area contributed by atoms with Crippen molar-refractivity contribution in [1.82, 2.24) is 15.0 Å². The van der Waals surface area contributed by atoms with Gasteiger partial charge in [-0.1, -0.05) is 21.1 Å². The first-order valence-corrected chi connectivity index (χ1v) is 8.42. The summed E-state index contributed by atoms with van der Waals surface area (Å²) in [6.07, 6.45) is 0. The number of ether oxygens (including phenoxy) is 1. The topological polar surface area (TPSA) is 86.1 Å². The SMILES string of the molecule is CCn1nnc2cc(C(=O)OCC(=O)Nc3ccc(Br)cc3)ccc21. The van der Waals surface area contributed by atoms with Crippen molar-refractivity contribution in [2.75, 3.05) is 11.9 Å². The predicted molar refractivity (Wildman–Crippen MR) is 96.3 cm³/mol. The summed E-state index contributed by atoms with van der Waals surface area (Å²) < 4.78 is 7.69. The van der Waals surface area contributed by atoms with Crippen molar-refractivity contribution in [2.45, 2.75) is 13.5 Å². The number of aromatic nitrogens is 3. The Kier molecular flexibility index (Phi) is 5.08. The third-order valence-corrected chi connectivity index (χ3v) is 4.04. The maximum atomic E-state index is 12.1. The van der Waals surface area contributed by atoms with Gasteiger partial charge in [-0.15, -0.1) is 5.10 Å². The van der Waals surface area contributed by atoms with E-state index >= 15 is 0 Å². The zero-order valence-corrected chi connectivity index (χ0v) is 15.0. The van der Waals surface area contributed by atoms with Crippen LogP contribution in [0.15, 0.2) is 46.9 Å². The standard InChI is InChI=1S/C17H15BrN4O3/c1-2-22-15-8-3-11(9-14(15)20-21-22)17(24)25-10-16(23)19-13-6-4-12(18)5-7-13/h3-9H,2,10H2,1H3,(H,19,23). The van der Waals surface area contributed by atoms with Gasteiger partial charge in [0.05, 0.1) is 11.1 Å². The fourth-order valence-electron chi connectivity index (χ4n) is 2.28. The van der Waals surface area contributed by atoms with Crippen LogP contribution in [0.5, 0.6) is 0 Å². The number of benzene rings is 2. The molecule has 1 heterocycles. The van der Waals surface area contributed by atoms with Crippen LogP contribution in [0.3, 0.4) is 0 Å². The fraction of sp³-hybridized carbons (Fsp3) is 0.176. The number of halogens is 1. The van der Waals surface area contributed by atoms with Crippen LogP contribution >= 0.6 is 15.9 Å². The van der Waals surface area contributed by atoms with E-state index in [4.69, 9.17) is 4.74 Å². The number of fused-ring (bicyclic) bond motifs is 1. The molecule has 0 aliphatic heterocycles. The molecule has 7 nitrogen and oxygen atoms in total. The Labute approximate surface area is 152 Å². The van der Waals surface area contributed by atoms with E-state index in [1.54, 1.807) is 47.1 Å². The number of carbonyl (C=O) groups excluding carboxylic acids is 2. The van der Waals surface area contributed by atoms with Gasteiger partial charge in [0.15, 0.2) is 6.61 Å². The van der Waals surface area contributed by atoms with E-state index in [0.29, 0.717) is 23.3 Å². The first-order valence-electron chi connectivity index (χ1n) is 7.62. The molecular formula is C17H15BrN4O3. The average molecular weight is 403 g/mol. The van der Waals surface area contributed by atoms with Crippen molar-refractivity contribution in [2.24, 2.45) is 0 Å². The van der Waals surface area contributed by atoms with E-state index in [9.17, 15) is 9.59 Å². The minimum atomic E-state index is -0.584. The highest BCUT2D eigenvalue weighted by Crippen LogP contribution is 2.15. The Morgan fingerprint density at radius 2 is 1.96 bits per heavy atom. The Balaban J connectivity index is 1.60. The normalized spacial score (nSPS) is 10.6. The number of hydrogen-bond donors (Lipinski definition) is 1. The molecule has 1 N–H and O–H groups in total. The van der Waals surface area contributed by atoms with Crippen LogP contribution in [0, 0.1) is 0 Å². The third kappa shape index (κ3) is 4.03. The summed E-state index contributed by atoms with van der Waals surface area (Å²) in [6, 6.07) is 12.1. The molecule has 0 unspecified atom stereocenters. The van der Waals surface area contributed by atoms with E-state index < -0.39 is 11.9 Å². The molecule has 0 radical (unpaired) electrons. The molecule has 0 fully saturated rings. The minimum absolute atomic E-state index is 0.326. The number of amides is 1. The highest BCUT2D eigenvalue weighted by Gasteiger charge is 2.13. The Morgan fingerprint density at radius 3 is 2.68 bits per heavy atom. The van der Waals surface area contributed by atoms with Crippen molar-refractivity contribution in [3.05, 3.63) is 52.5 Å². The van der Waals surface area contributed by atoms with E-state index in [1.807, 2.05) is 6.92 Å². The maximum Gasteiger partial charge on any atom is 0.338 e. The lowest BCUT2D eigenvalue weighted by atomic mass is 10.2. The smallest absolute Gasteiger partial charge is 0.338 e. The van der Waals surface area contributed by atoms with Gasteiger partial charge in [0, 0.05) is 16.7 Å². The van der Waals surface area contributed by atoms with Gasteiger partial charge in [-0.05, 0) is 49.4 Å². The molecule has 0 bridgehead atoms. The number of nitrogens with zero attached hydrogens (tertiary/aromatic N) is 3. The van der Waals surface area contributed by atoms with Crippen molar-refractivity contribution >= 4 is 44.5 Å². The van der Waals surface area contributed by atoms with Crippen LogP contribution in [0.1, 0.15) is 17.3 Å². The third-order valence-electron chi connectivity index (χ3n) is 3.51. The number of anilines is 1. The second-order valence-corrected chi connectivity index (χ2v) is 6.16. The number of hydrogen-bond acceptors (Lipinski definition) is 5. The largest absolute Gasteiger partial charge is 0.452 e. The molecule has 0 aliphatic carbocycles. The number of nitrogens with one attached hydrogen (secondary N) is 1. The van der Waals surface area contributed by atoms with E-state index in [-0.39, 0.29) is 6.61 Å². The van der Waals surface area contributed by atoms with E-state index in [1.165, 1.54) is 0 Å². The van der Waals surface area contributed by atoms with Crippen LogP contribution in [0.2, 0.25) is 0 Å². The number of carbonyl (C=O) groups is 2. The van der Waals surface area contributed by atoms with Gasteiger partial charge >= 0.3 is 5.97 Å². The van der Waals surface area contributed by atoms with Crippen molar-refractivity contribution in [3.63, 3.8) is 0 Å². The van der Waals surface area contributed by atoms with Crippen LogP contribution in [-0.2, 0) is 16.1 Å². The first-order chi connectivity index (χ1) is 12.1. The minimum Gasteiger partial charge on any atom is -0.452 e. The zero-order valence-electron chi connectivity index (χ0n) is 13.4. The summed E-state index contributed by atoms with van der Waals surface area (Å²) in [5.41, 5.74) is 2.40. The summed E-state index contributed by atoms with van der Waals surface area (Å²) in [4.78, 5) is 24.0. The molecule has 0 spiro atoms. The summed E-state index contributed by atoms with van der Waals surface area (Å²) in [6.45, 7) is 2.28. The van der Waals surface area contributed by atoms with Gasteiger partial charge in [0.25, 0.3) is 5.91 Å². The average Bonchev–Trinajstić information content (AvgIpc) is 3.04. The first kappa shape index (κ1) is 17.1. The van der Waals surface area contributed by atoms with Gasteiger partial charge in [-0.25, -0.2) is 9.48 Å². The summed E-state index contributed by atoms with van der Waals surface area (Å²) >= 11 is 3.32.